The molecular weight excluding hydrogens is 540 g/mol. The molecule has 4 heterocycles. The standard InChI is InChI=1S/C39H36N4O/c1-22(2)27-10-14-34-33(18-27)30-8-7-15-40-38(30)42(34)28-11-12-29-32-16-23(3)9-13-35(32)43(37(29)19-28)36-20-31(24(4)17-25(36)5)39-41-26(6)21-44-39/h7-20,22,26H,21H2,1-6H3/t26-/m1/s1/i6D3. The van der Waals surface area contributed by atoms with Crippen LogP contribution in [-0.2, 0) is 4.74 Å². The van der Waals surface area contributed by atoms with Crippen molar-refractivity contribution >= 4 is 49.6 Å². The Kier molecular flexibility index (Phi) is 5.25. The number of hydrogen-bond acceptors (Lipinski definition) is 3. The second-order valence-electron chi connectivity index (χ2n) is 12.4. The van der Waals surface area contributed by atoms with E-state index in [1.165, 1.54) is 21.9 Å². The number of pyridine rings is 1. The van der Waals surface area contributed by atoms with Crippen molar-refractivity contribution in [2.45, 2.75) is 53.4 Å². The van der Waals surface area contributed by atoms with Crippen LogP contribution in [0.25, 0.3) is 55.1 Å². The fraction of sp³-hybridized carbons (Fsp3) is 0.231. The Balaban J connectivity index is 1.40. The molecule has 44 heavy (non-hydrogen) atoms. The van der Waals surface area contributed by atoms with Crippen molar-refractivity contribution in [3.63, 3.8) is 0 Å². The molecule has 8 rings (SSSR count). The number of aryl methyl sites for hydroxylation is 3. The van der Waals surface area contributed by atoms with Gasteiger partial charge < -0.3 is 9.30 Å². The molecule has 0 spiro atoms. The van der Waals surface area contributed by atoms with Crippen LogP contribution in [0.2, 0.25) is 0 Å². The molecule has 5 heteroatoms. The first-order valence-electron chi connectivity index (χ1n) is 16.8. The third-order valence-electron chi connectivity index (χ3n) is 9.05. The van der Waals surface area contributed by atoms with Crippen molar-refractivity contribution in [2.75, 3.05) is 6.61 Å². The second kappa shape index (κ2) is 9.81. The van der Waals surface area contributed by atoms with Gasteiger partial charge in [0, 0.05) is 48.8 Å². The zero-order valence-corrected chi connectivity index (χ0v) is 25.6. The van der Waals surface area contributed by atoms with Gasteiger partial charge in [0.2, 0.25) is 5.90 Å². The summed E-state index contributed by atoms with van der Waals surface area (Å²) in [6, 6.07) is 27.6. The van der Waals surface area contributed by atoms with E-state index < -0.39 is 12.9 Å². The van der Waals surface area contributed by atoms with Crippen molar-refractivity contribution in [1.29, 1.82) is 0 Å². The van der Waals surface area contributed by atoms with Crippen molar-refractivity contribution in [1.82, 2.24) is 14.1 Å². The van der Waals surface area contributed by atoms with Crippen molar-refractivity contribution in [2.24, 2.45) is 4.99 Å². The summed E-state index contributed by atoms with van der Waals surface area (Å²) in [6.07, 6.45) is 1.86. The lowest BCUT2D eigenvalue weighted by molar-refractivity contribution is 0.324. The molecule has 0 unspecified atom stereocenters. The van der Waals surface area contributed by atoms with E-state index in [2.05, 4.69) is 115 Å². The Morgan fingerprint density at radius 2 is 1.61 bits per heavy atom. The Labute approximate surface area is 261 Å². The van der Waals surface area contributed by atoms with Gasteiger partial charge in [0.15, 0.2) is 0 Å². The number of aromatic nitrogens is 3. The van der Waals surface area contributed by atoms with Crippen LogP contribution in [0.15, 0.2) is 90.1 Å². The molecule has 0 N–H and O–H groups in total. The highest BCUT2D eigenvalue weighted by molar-refractivity contribution is 6.12. The molecule has 0 bridgehead atoms. The fourth-order valence-electron chi connectivity index (χ4n) is 6.84. The van der Waals surface area contributed by atoms with Gasteiger partial charge in [0.1, 0.15) is 12.3 Å². The van der Waals surface area contributed by atoms with Crippen molar-refractivity contribution < 1.29 is 8.85 Å². The van der Waals surface area contributed by atoms with Gasteiger partial charge in [-0.2, -0.15) is 0 Å². The molecule has 3 aromatic heterocycles. The fourth-order valence-corrected chi connectivity index (χ4v) is 6.84. The highest BCUT2D eigenvalue weighted by Gasteiger charge is 2.22. The maximum Gasteiger partial charge on any atom is 0.216 e. The average Bonchev–Trinajstić information content (AvgIpc) is 3.74. The van der Waals surface area contributed by atoms with Gasteiger partial charge in [-0.15, -0.1) is 0 Å². The lowest BCUT2D eigenvalue weighted by atomic mass is 10.0. The van der Waals surface area contributed by atoms with Crippen LogP contribution < -0.4 is 0 Å². The van der Waals surface area contributed by atoms with E-state index in [4.69, 9.17) is 13.8 Å². The van der Waals surface area contributed by atoms with E-state index in [-0.39, 0.29) is 6.61 Å². The molecule has 1 aliphatic heterocycles. The summed E-state index contributed by atoms with van der Waals surface area (Å²) in [5.74, 6) is 0.812. The summed E-state index contributed by atoms with van der Waals surface area (Å²) in [6.45, 7) is 8.56. The van der Waals surface area contributed by atoms with Gasteiger partial charge >= 0.3 is 0 Å². The molecule has 0 amide bonds. The molecular formula is C39H36N4O. The van der Waals surface area contributed by atoms with Crippen LogP contribution in [-0.4, -0.2) is 32.7 Å². The molecule has 7 aromatic rings. The molecule has 0 saturated heterocycles. The van der Waals surface area contributed by atoms with Crippen LogP contribution >= 0.6 is 0 Å². The van der Waals surface area contributed by atoms with Gasteiger partial charge in [0.05, 0.1) is 22.6 Å². The topological polar surface area (TPSA) is 44.3 Å². The number of rotatable bonds is 4. The molecule has 5 nitrogen and oxygen atoms in total. The summed E-state index contributed by atoms with van der Waals surface area (Å²) in [4.78, 5) is 9.39. The normalized spacial score (nSPS) is 16.5. The lowest BCUT2D eigenvalue weighted by Gasteiger charge is -2.16. The number of aliphatic imine (C=N–C) groups is 1. The van der Waals surface area contributed by atoms with Gasteiger partial charge in [-0.3, -0.25) is 4.57 Å². The monoisotopic (exact) mass is 579 g/mol. The molecule has 0 fully saturated rings. The van der Waals surface area contributed by atoms with Crippen LogP contribution in [0.5, 0.6) is 0 Å². The Hall–Kier alpha value is -4.90. The van der Waals surface area contributed by atoms with E-state index in [1.54, 1.807) is 0 Å². The van der Waals surface area contributed by atoms with Crippen LogP contribution in [0.3, 0.4) is 0 Å². The van der Waals surface area contributed by atoms with Crippen molar-refractivity contribution in [3.8, 4) is 11.4 Å². The van der Waals surface area contributed by atoms with Crippen molar-refractivity contribution in [3.05, 3.63) is 113 Å². The molecule has 218 valence electrons. The lowest BCUT2D eigenvalue weighted by Crippen LogP contribution is -2.07. The smallest absolute Gasteiger partial charge is 0.216 e. The summed E-state index contributed by atoms with van der Waals surface area (Å²) in [7, 11) is 0. The summed E-state index contributed by atoms with van der Waals surface area (Å²) in [5.41, 5.74) is 11.6. The summed E-state index contributed by atoms with van der Waals surface area (Å²) in [5, 5.41) is 4.66. The SMILES string of the molecule is [2H]C([2H])([2H])[C@@H]1COC(c2cc(-n3c4ccc(C)cc4c4ccc(-n5c6ccc(C(C)C)cc6c6cccnc65)cc43)c(C)cc2C)=N1. The number of hydrogen-bond donors (Lipinski definition) is 0. The summed E-state index contributed by atoms with van der Waals surface area (Å²) >= 11 is 0. The number of ether oxygens (including phenoxy) is 1. The zero-order valence-electron chi connectivity index (χ0n) is 28.6. The predicted octanol–water partition coefficient (Wildman–Crippen LogP) is 9.49. The van der Waals surface area contributed by atoms with E-state index in [9.17, 15) is 0 Å². The van der Waals surface area contributed by atoms with Crippen LogP contribution in [0.1, 0.15) is 58.5 Å². The van der Waals surface area contributed by atoms with Gasteiger partial charge in [0.25, 0.3) is 0 Å². The van der Waals surface area contributed by atoms with E-state index in [0.29, 0.717) is 11.8 Å². The Morgan fingerprint density at radius 3 is 2.43 bits per heavy atom. The minimum absolute atomic E-state index is 0.0536. The first kappa shape index (κ1) is 23.5. The average molecular weight is 580 g/mol. The van der Waals surface area contributed by atoms with E-state index >= 15 is 0 Å². The highest BCUT2D eigenvalue weighted by Crippen LogP contribution is 2.38. The minimum atomic E-state index is -2.21. The van der Waals surface area contributed by atoms with Gasteiger partial charge in [-0.1, -0.05) is 43.7 Å². The van der Waals surface area contributed by atoms with Crippen LogP contribution in [0.4, 0.5) is 0 Å². The molecule has 0 saturated carbocycles. The van der Waals surface area contributed by atoms with Gasteiger partial charge in [-0.25, -0.2) is 9.98 Å². The predicted molar refractivity (Wildman–Crippen MR) is 183 cm³/mol. The maximum atomic E-state index is 7.87. The molecule has 1 aliphatic rings. The van der Waals surface area contributed by atoms with Crippen LogP contribution in [0, 0.1) is 20.8 Å². The number of nitrogens with zero attached hydrogens (tertiary/aromatic N) is 4. The third kappa shape index (κ3) is 3.99. The second-order valence-corrected chi connectivity index (χ2v) is 12.4. The first-order valence-corrected chi connectivity index (χ1v) is 15.3. The zero-order chi connectivity index (χ0) is 32.8. The minimum Gasteiger partial charge on any atom is -0.475 e. The molecule has 4 aromatic carbocycles. The number of benzene rings is 4. The summed E-state index contributed by atoms with van der Waals surface area (Å²) < 4.78 is 34.1. The van der Waals surface area contributed by atoms with E-state index in [0.717, 1.165) is 61.0 Å². The third-order valence-corrected chi connectivity index (χ3v) is 9.05. The molecule has 0 radical (unpaired) electrons. The van der Waals surface area contributed by atoms with Gasteiger partial charge in [-0.05, 0) is 105 Å². The largest absolute Gasteiger partial charge is 0.475 e. The number of fused-ring (bicyclic) bond motifs is 6. The van der Waals surface area contributed by atoms with E-state index in [1.807, 2.05) is 19.2 Å². The Bertz CT molecular complexity index is 2430. The molecule has 1 atom stereocenters. The Morgan fingerprint density at radius 1 is 0.795 bits per heavy atom. The maximum absolute atomic E-state index is 7.87. The first-order chi connectivity index (χ1) is 22.5. The quantitative estimate of drug-likeness (QED) is 0.208. The highest BCUT2D eigenvalue weighted by atomic mass is 16.5. The molecule has 0 aliphatic carbocycles.